The predicted molar refractivity (Wildman–Crippen MR) is 82.4 cm³/mol. The van der Waals surface area contributed by atoms with Crippen molar-refractivity contribution in [2.24, 2.45) is 5.73 Å². The molecule has 0 aliphatic rings. The smallest absolute Gasteiger partial charge is 0.270 e. The number of halogens is 1. The van der Waals surface area contributed by atoms with Gasteiger partial charge in [-0.15, -0.1) is 23.7 Å². The van der Waals surface area contributed by atoms with E-state index < -0.39 is 0 Å². The Morgan fingerprint density at radius 1 is 1.55 bits per heavy atom. The first kappa shape index (κ1) is 16.7. The molecule has 2 aromatic heterocycles. The number of thiazole rings is 1. The number of aromatic nitrogens is 1. The Morgan fingerprint density at radius 3 is 2.90 bits per heavy atom. The molecule has 3 N–H and O–H groups in total. The summed E-state index contributed by atoms with van der Waals surface area (Å²) in [6, 6.07) is 3.81. The van der Waals surface area contributed by atoms with Crippen LogP contribution in [-0.2, 0) is 0 Å². The molecule has 0 saturated carbocycles. The van der Waals surface area contributed by atoms with Gasteiger partial charge in [0.05, 0.1) is 0 Å². The topological polar surface area (TPSA) is 81.2 Å². The van der Waals surface area contributed by atoms with E-state index in [0.29, 0.717) is 23.0 Å². The predicted octanol–water partition coefficient (Wildman–Crippen LogP) is 2.60. The summed E-state index contributed by atoms with van der Waals surface area (Å²) in [5.74, 6) is 1.34. The van der Waals surface area contributed by atoms with Crippen LogP contribution in [0.15, 0.2) is 21.9 Å². The van der Waals surface area contributed by atoms with Crippen LogP contribution in [0.4, 0.5) is 0 Å². The molecule has 110 valence electrons. The fourth-order valence-electron chi connectivity index (χ4n) is 1.54. The molecular formula is C13H18ClN3O2S. The normalized spacial score (nSPS) is 11.8. The van der Waals surface area contributed by atoms with Crippen molar-refractivity contribution in [3.05, 3.63) is 29.0 Å². The van der Waals surface area contributed by atoms with Gasteiger partial charge in [-0.25, -0.2) is 4.98 Å². The molecule has 1 unspecified atom stereocenters. The first-order valence-electron chi connectivity index (χ1n) is 6.12. The van der Waals surface area contributed by atoms with Gasteiger partial charge in [-0.05, 0) is 32.4 Å². The van der Waals surface area contributed by atoms with Gasteiger partial charge in [-0.3, -0.25) is 4.79 Å². The standard InChI is InChI=1S/C13H17N3O2S.ClH/c1-8(14)5-6-15-12(17)10-7-19-13(16-10)11-4-3-9(2)18-11;/h3-4,7-8H,5-6,14H2,1-2H3,(H,15,17);1H. The summed E-state index contributed by atoms with van der Waals surface area (Å²) in [6.45, 7) is 4.34. The molecule has 20 heavy (non-hydrogen) atoms. The summed E-state index contributed by atoms with van der Waals surface area (Å²) in [7, 11) is 0. The lowest BCUT2D eigenvalue weighted by Gasteiger charge is -2.05. The third-order valence-corrected chi connectivity index (χ3v) is 3.43. The van der Waals surface area contributed by atoms with Crippen LogP contribution in [-0.4, -0.2) is 23.5 Å². The van der Waals surface area contributed by atoms with E-state index in [1.54, 1.807) is 5.38 Å². The van der Waals surface area contributed by atoms with Gasteiger partial charge >= 0.3 is 0 Å². The highest BCUT2D eigenvalue weighted by molar-refractivity contribution is 7.13. The van der Waals surface area contributed by atoms with E-state index in [0.717, 1.165) is 12.2 Å². The molecule has 2 aromatic rings. The Kier molecular flexibility index (Phi) is 6.19. The maximum Gasteiger partial charge on any atom is 0.270 e. The lowest BCUT2D eigenvalue weighted by Crippen LogP contribution is -2.29. The largest absolute Gasteiger partial charge is 0.459 e. The van der Waals surface area contributed by atoms with Crippen LogP contribution in [0.25, 0.3) is 10.8 Å². The average molecular weight is 316 g/mol. The van der Waals surface area contributed by atoms with Crippen LogP contribution in [0.3, 0.4) is 0 Å². The van der Waals surface area contributed by atoms with Gasteiger partial charge in [0.25, 0.3) is 5.91 Å². The lowest BCUT2D eigenvalue weighted by atomic mass is 10.2. The highest BCUT2D eigenvalue weighted by Crippen LogP contribution is 2.25. The molecule has 0 aliphatic heterocycles. The molecule has 0 saturated heterocycles. The first-order chi connectivity index (χ1) is 9.06. The van der Waals surface area contributed by atoms with Crippen molar-refractivity contribution < 1.29 is 9.21 Å². The van der Waals surface area contributed by atoms with Crippen molar-refractivity contribution in [2.45, 2.75) is 26.3 Å². The Bertz CT molecular complexity index is 565. The third kappa shape index (κ3) is 4.33. The van der Waals surface area contributed by atoms with Crippen LogP contribution in [0.5, 0.6) is 0 Å². The molecule has 1 amide bonds. The van der Waals surface area contributed by atoms with E-state index in [9.17, 15) is 4.79 Å². The van der Waals surface area contributed by atoms with E-state index in [4.69, 9.17) is 10.2 Å². The fourth-order valence-corrected chi connectivity index (χ4v) is 2.30. The van der Waals surface area contributed by atoms with E-state index in [1.165, 1.54) is 11.3 Å². The summed E-state index contributed by atoms with van der Waals surface area (Å²) in [5, 5.41) is 5.24. The Hall–Kier alpha value is -1.37. The minimum Gasteiger partial charge on any atom is -0.459 e. The SMILES string of the molecule is Cc1ccc(-c2nc(C(=O)NCCC(C)N)cs2)o1.Cl. The van der Waals surface area contributed by atoms with Gasteiger partial charge in [0.15, 0.2) is 10.8 Å². The zero-order valence-corrected chi connectivity index (χ0v) is 13.0. The fraction of sp³-hybridized carbons (Fsp3) is 0.385. The number of hydrogen-bond acceptors (Lipinski definition) is 5. The van der Waals surface area contributed by atoms with Crippen LogP contribution in [0.1, 0.15) is 29.6 Å². The van der Waals surface area contributed by atoms with Crippen molar-refractivity contribution >= 4 is 29.7 Å². The van der Waals surface area contributed by atoms with Gasteiger partial charge in [0.1, 0.15) is 11.5 Å². The summed E-state index contributed by atoms with van der Waals surface area (Å²) in [6.07, 6.45) is 0.750. The molecular weight excluding hydrogens is 298 g/mol. The molecule has 0 aliphatic carbocycles. The van der Waals surface area contributed by atoms with Gasteiger partial charge in [0, 0.05) is 18.0 Å². The monoisotopic (exact) mass is 315 g/mol. The van der Waals surface area contributed by atoms with E-state index in [1.807, 2.05) is 26.0 Å². The van der Waals surface area contributed by atoms with Crippen LogP contribution in [0.2, 0.25) is 0 Å². The quantitative estimate of drug-likeness (QED) is 0.888. The number of amides is 1. The van der Waals surface area contributed by atoms with E-state index in [2.05, 4.69) is 10.3 Å². The molecule has 2 rings (SSSR count). The van der Waals surface area contributed by atoms with E-state index >= 15 is 0 Å². The van der Waals surface area contributed by atoms with Crippen molar-refractivity contribution in [3.8, 4) is 10.8 Å². The van der Waals surface area contributed by atoms with Gasteiger partial charge < -0.3 is 15.5 Å². The zero-order chi connectivity index (χ0) is 13.8. The Morgan fingerprint density at radius 2 is 2.30 bits per heavy atom. The minimum absolute atomic E-state index is 0. The van der Waals surface area contributed by atoms with Gasteiger partial charge in [-0.1, -0.05) is 0 Å². The number of nitrogens with one attached hydrogen (secondary N) is 1. The number of carbonyl (C=O) groups is 1. The summed E-state index contributed by atoms with van der Waals surface area (Å²) < 4.78 is 5.47. The lowest BCUT2D eigenvalue weighted by molar-refractivity contribution is 0.0948. The number of aryl methyl sites for hydroxylation is 1. The van der Waals surface area contributed by atoms with Crippen molar-refractivity contribution in [2.75, 3.05) is 6.54 Å². The second-order valence-corrected chi connectivity index (χ2v) is 5.33. The van der Waals surface area contributed by atoms with Crippen LogP contribution < -0.4 is 11.1 Å². The number of furan rings is 1. The summed E-state index contributed by atoms with van der Waals surface area (Å²) in [4.78, 5) is 16.1. The zero-order valence-electron chi connectivity index (χ0n) is 11.4. The summed E-state index contributed by atoms with van der Waals surface area (Å²) in [5.41, 5.74) is 6.04. The highest BCUT2D eigenvalue weighted by atomic mass is 35.5. The number of rotatable bonds is 5. The average Bonchev–Trinajstić information content (AvgIpc) is 2.96. The van der Waals surface area contributed by atoms with Crippen molar-refractivity contribution in [1.82, 2.24) is 10.3 Å². The molecule has 0 bridgehead atoms. The number of nitrogens with zero attached hydrogens (tertiary/aromatic N) is 1. The maximum atomic E-state index is 11.8. The van der Waals surface area contributed by atoms with Crippen LogP contribution in [0, 0.1) is 6.92 Å². The first-order valence-corrected chi connectivity index (χ1v) is 7.00. The number of nitrogens with two attached hydrogens (primary N) is 1. The highest BCUT2D eigenvalue weighted by Gasteiger charge is 2.13. The molecule has 1 atom stereocenters. The molecule has 0 fully saturated rings. The number of carbonyl (C=O) groups excluding carboxylic acids is 1. The Balaban J connectivity index is 0.00000200. The van der Waals surface area contributed by atoms with Crippen molar-refractivity contribution in [1.29, 1.82) is 0 Å². The summed E-state index contributed by atoms with van der Waals surface area (Å²) >= 11 is 1.39. The van der Waals surface area contributed by atoms with Gasteiger partial charge in [0.2, 0.25) is 0 Å². The second kappa shape index (κ2) is 7.42. The molecule has 0 aromatic carbocycles. The molecule has 5 nitrogen and oxygen atoms in total. The van der Waals surface area contributed by atoms with E-state index in [-0.39, 0.29) is 24.4 Å². The maximum absolute atomic E-state index is 11.8. The molecule has 0 radical (unpaired) electrons. The van der Waals surface area contributed by atoms with Crippen molar-refractivity contribution in [3.63, 3.8) is 0 Å². The molecule has 2 heterocycles. The Labute approximate surface area is 128 Å². The minimum atomic E-state index is -0.175. The molecule has 7 heteroatoms. The molecule has 0 spiro atoms. The van der Waals surface area contributed by atoms with Crippen LogP contribution >= 0.6 is 23.7 Å². The third-order valence-electron chi connectivity index (χ3n) is 2.57. The van der Waals surface area contributed by atoms with Gasteiger partial charge in [-0.2, -0.15) is 0 Å². The second-order valence-electron chi connectivity index (χ2n) is 4.47. The number of hydrogen-bond donors (Lipinski definition) is 2.